The molecule has 0 amide bonds. The molecule has 0 saturated heterocycles. The van der Waals surface area contributed by atoms with Crippen LogP contribution in [0, 0.1) is 5.92 Å². The van der Waals surface area contributed by atoms with Crippen LogP contribution in [0.25, 0.3) is 58.6 Å². The molecule has 3 atom stereocenters. The molecule has 13 rings (SSSR count). The number of benzene rings is 5. The van der Waals surface area contributed by atoms with Gasteiger partial charge in [0.1, 0.15) is 0 Å². The lowest BCUT2D eigenvalue weighted by Crippen LogP contribution is -2.31. The first-order valence-electron chi connectivity index (χ1n) is 22.0. The first-order valence-corrected chi connectivity index (χ1v) is 24.5. The molecular weight excluding hydrogens is 795 g/mol. The van der Waals surface area contributed by atoms with Gasteiger partial charge in [-0.25, -0.2) is 0 Å². The summed E-state index contributed by atoms with van der Waals surface area (Å²) >= 11 is 6.03. The van der Waals surface area contributed by atoms with Crippen molar-refractivity contribution in [1.29, 1.82) is 0 Å². The largest absolute Gasteiger partial charge is 0.333 e. The fourth-order valence-corrected chi connectivity index (χ4v) is 15.6. The van der Waals surface area contributed by atoms with E-state index >= 15 is 0 Å². The van der Waals surface area contributed by atoms with E-state index in [1.54, 1.807) is 5.57 Å². The van der Waals surface area contributed by atoms with Gasteiger partial charge in [0.2, 0.25) is 0 Å². The van der Waals surface area contributed by atoms with Crippen LogP contribution in [0.5, 0.6) is 0 Å². The summed E-state index contributed by atoms with van der Waals surface area (Å²) in [7, 11) is 0. The molecule has 0 N–H and O–H groups in total. The number of hydrogen-bond donors (Lipinski definition) is 0. The number of hydrogen-bond acceptors (Lipinski definition) is 4. The van der Waals surface area contributed by atoms with E-state index in [1.165, 1.54) is 102 Å². The first-order chi connectivity index (χ1) is 30.0. The molecule has 61 heavy (non-hydrogen) atoms. The Kier molecular flexibility index (Phi) is 8.21. The number of thioether (sulfide) groups is 1. The van der Waals surface area contributed by atoms with Gasteiger partial charge in [0, 0.05) is 63.2 Å². The number of fused-ring (bicyclic) bond motifs is 12. The molecule has 0 spiro atoms. The first kappa shape index (κ1) is 36.3. The van der Waals surface area contributed by atoms with Crippen LogP contribution in [0.2, 0.25) is 0 Å². The smallest absolute Gasteiger partial charge is 0.0598 e. The maximum absolute atomic E-state index is 2.65. The monoisotopic (exact) mass is 839 g/mol. The molecule has 0 radical (unpaired) electrons. The zero-order valence-corrected chi connectivity index (χ0v) is 36.9. The average molecular weight is 840 g/mol. The van der Waals surface area contributed by atoms with Crippen molar-refractivity contribution in [2.75, 3.05) is 4.90 Å². The zero-order chi connectivity index (χ0) is 40.4. The Morgan fingerprint density at radius 1 is 0.689 bits per heavy atom. The highest BCUT2D eigenvalue weighted by molar-refractivity contribution is 8.01. The van der Waals surface area contributed by atoms with E-state index in [0.717, 1.165) is 32.1 Å². The summed E-state index contributed by atoms with van der Waals surface area (Å²) < 4.78 is 4.22. The molecule has 7 aromatic rings. The SMILES string of the molecule is CC1(C)C2=C(C=CCC2)c2c1ccc1c2sc2c(N(c3ccc(-c4cccc5c6c(sc45)CCC=C6)cc3)C3C=CC(C4C=CC=C5c6ccccc6SC54)=CC3)cccc21. The van der Waals surface area contributed by atoms with Crippen molar-refractivity contribution in [3.05, 3.63) is 190 Å². The molecule has 0 fully saturated rings. The van der Waals surface area contributed by atoms with Gasteiger partial charge in [-0.3, -0.25) is 0 Å². The van der Waals surface area contributed by atoms with Crippen LogP contribution in [0.3, 0.4) is 0 Å². The number of aryl methyl sites for hydroxylation is 1. The summed E-state index contributed by atoms with van der Waals surface area (Å²) in [6, 6.07) is 37.4. The van der Waals surface area contributed by atoms with Gasteiger partial charge in [-0.2, -0.15) is 0 Å². The maximum Gasteiger partial charge on any atom is 0.0598 e. The van der Waals surface area contributed by atoms with Gasteiger partial charge in [0.15, 0.2) is 0 Å². The molecule has 4 heteroatoms. The third-order valence-electron chi connectivity index (χ3n) is 14.4. The van der Waals surface area contributed by atoms with E-state index in [2.05, 4.69) is 177 Å². The van der Waals surface area contributed by atoms with Crippen LogP contribution in [0.15, 0.2) is 168 Å². The van der Waals surface area contributed by atoms with Crippen molar-refractivity contribution in [2.24, 2.45) is 5.92 Å². The Morgan fingerprint density at radius 3 is 2.41 bits per heavy atom. The van der Waals surface area contributed by atoms with Crippen molar-refractivity contribution >= 4 is 93.3 Å². The Hall–Kier alpha value is -5.39. The summed E-state index contributed by atoms with van der Waals surface area (Å²) in [4.78, 5) is 5.58. The van der Waals surface area contributed by atoms with Crippen molar-refractivity contribution in [1.82, 2.24) is 0 Å². The predicted molar refractivity (Wildman–Crippen MR) is 267 cm³/mol. The predicted octanol–water partition coefficient (Wildman–Crippen LogP) is 16.4. The van der Waals surface area contributed by atoms with Crippen LogP contribution in [-0.2, 0) is 11.8 Å². The molecule has 1 aliphatic heterocycles. The Balaban J connectivity index is 0.922. The minimum absolute atomic E-state index is 0.0562. The minimum Gasteiger partial charge on any atom is -0.333 e. The van der Waals surface area contributed by atoms with Gasteiger partial charge in [0.05, 0.1) is 16.4 Å². The van der Waals surface area contributed by atoms with Gasteiger partial charge in [0.25, 0.3) is 0 Å². The van der Waals surface area contributed by atoms with Gasteiger partial charge >= 0.3 is 0 Å². The van der Waals surface area contributed by atoms with E-state index in [1.807, 2.05) is 34.4 Å². The highest BCUT2D eigenvalue weighted by Crippen LogP contribution is 2.56. The standard InChI is InChI=1S/C57H45NS3/c1-57(2)47-20-6-3-14-46(47)52-48(57)33-32-45-44-19-11-21-49(55(44)61-56(45)52)58(36-28-24-34(25-29-36)38-15-9-17-42-40-12-4-7-22-50(40)59-53(38)42)37-30-26-35(27-31-37)39-16-10-18-43-41-13-5-8-23-51(41)60-54(39)43/h3-5,7,9-19,21-22,24-28,30-33,36,38,53H,6,8,20,23,29H2,1-2H3. The van der Waals surface area contributed by atoms with Crippen LogP contribution in [-0.4, -0.2) is 11.3 Å². The summed E-state index contributed by atoms with van der Waals surface area (Å²) in [5, 5.41) is 4.55. The highest BCUT2D eigenvalue weighted by atomic mass is 32.2. The van der Waals surface area contributed by atoms with Gasteiger partial charge in [-0.1, -0.05) is 153 Å². The molecule has 1 nitrogen and oxygen atoms in total. The third kappa shape index (κ3) is 5.45. The second kappa shape index (κ2) is 13.8. The van der Waals surface area contributed by atoms with Gasteiger partial charge in [-0.15, -0.1) is 34.4 Å². The minimum atomic E-state index is 0.0562. The van der Waals surface area contributed by atoms with E-state index in [4.69, 9.17) is 0 Å². The quantitative estimate of drug-likeness (QED) is 0.170. The van der Waals surface area contributed by atoms with Crippen LogP contribution in [0.4, 0.5) is 11.4 Å². The Bertz CT molecular complexity index is 3240. The zero-order valence-electron chi connectivity index (χ0n) is 34.5. The summed E-state index contributed by atoms with van der Waals surface area (Å²) in [5.74, 6) is 0.355. The molecule has 5 aromatic carbocycles. The molecule has 0 bridgehead atoms. The fourth-order valence-electron chi connectivity index (χ4n) is 11.4. The number of anilines is 2. The highest BCUT2D eigenvalue weighted by Gasteiger charge is 2.39. The number of allylic oxidation sites excluding steroid dienone is 10. The maximum atomic E-state index is 2.65. The second-order valence-corrected chi connectivity index (χ2v) is 21.3. The Morgan fingerprint density at radius 2 is 1.51 bits per heavy atom. The van der Waals surface area contributed by atoms with E-state index in [9.17, 15) is 0 Å². The summed E-state index contributed by atoms with van der Waals surface area (Å²) in [5.41, 5.74) is 17.0. The van der Waals surface area contributed by atoms with Crippen LogP contribution >= 0.6 is 34.4 Å². The fraction of sp³-hybridized carbons (Fsp3) is 0.193. The normalized spacial score (nSPS) is 21.7. The van der Waals surface area contributed by atoms with Crippen LogP contribution < -0.4 is 4.90 Å². The second-order valence-electron chi connectivity index (χ2n) is 18.0. The molecular formula is C57H45NS3. The van der Waals surface area contributed by atoms with E-state index in [-0.39, 0.29) is 11.5 Å². The molecule has 296 valence electrons. The van der Waals surface area contributed by atoms with Crippen molar-refractivity contribution in [3.63, 3.8) is 0 Å². The third-order valence-corrected chi connectivity index (χ3v) is 18.4. The molecule has 5 aliphatic carbocycles. The van der Waals surface area contributed by atoms with Crippen molar-refractivity contribution in [2.45, 2.75) is 67.6 Å². The molecule has 6 aliphatic rings. The topological polar surface area (TPSA) is 3.24 Å². The van der Waals surface area contributed by atoms with Crippen LogP contribution in [0.1, 0.15) is 66.7 Å². The number of nitrogens with zero attached hydrogens (tertiary/aromatic N) is 1. The lowest BCUT2D eigenvalue weighted by molar-refractivity contribution is 0.608. The van der Waals surface area contributed by atoms with Gasteiger partial charge < -0.3 is 4.90 Å². The van der Waals surface area contributed by atoms with Crippen molar-refractivity contribution < 1.29 is 0 Å². The Labute approximate surface area is 370 Å². The van der Waals surface area contributed by atoms with E-state index in [0.29, 0.717) is 11.2 Å². The molecule has 0 saturated carbocycles. The average Bonchev–Trinajstić information content (AvgIpc) is 4.06. The summed E-state index contributed by atoms with van der Waals surface area (Å²) in [6.07, 6.45) is 29.6. The van der Waals surface area contributed by atoms with Gasteiger partial charge in [-0.05, 0) is 101 Å². The molecule has 3 unspecified atom stereocenters. The lowest BCUT2D eigenvalue weighted by Gasteiger charge is -2.35. The van der Waals surface area contributed by atoms with E-state index < -0.39 is 0 Å². The summed E-state index contributed by atoms with van der Waals surface area (Å²) in [6.45, 7) is 4.88. The van der Waals surface area contributed by atoms with Crippen molar-refractivity contribution in [3.8, 4) is 11.1 Å². The lowest BCUT2D eigenvalue weighted by atomic mass is 9.78. The molecule has 2 aromatic heterocycles. The molecule has 3 heterocycles. The number of thiophene rings is 2. The number of rotatable bonds is 5.